The predicted octanol–water partition coefficient (Wildman–Crippen LogP) is 3.79. The van der Waals surface area contributed by atoms with Gasteiger partial charge in [0.25, 0.3) is 5.91 Å². The molecule has 25 heavy (non-hydrogen) atoms. The molecule has 1 aromatic carbocycles. The summed E-state index contributed by atoms with van der Waals surface area (Å²) < 4.78 is 0. The van der Waals surface area contributed by atoms with E-state index in [1.165, 1.54) is 0 Å². The van der Waals surface area contributed by atoms with Crippen molar-refractivity contribution < 1.29 is 9.59 Å². The van der Waals surface area contributed by atoms with Crippen LogP contribution in [0.1, 0.15) is 50.0 Å². The van der Waals surface area contributed by atoms with Gasteiger partial charge in [0.2, 0.25) is 5.91 Å². The summed E-state index contributed by atoms with van der Waals surface area (Å²) in [4.78, 5) is 30.0. The maximum Gasteiger partial charge on any atom is 0.255 e. The minimum Gasteiger partial charge on any atom is -0.341 e. The zero-order valence-corrected chi connectivity index (χ0v) is 16.8. The molecular formula is C20H30N2O2S. The van der Waals surface area contributed by atoms with Gasteiger partial charge in [-0.25, -0.2) is 0 Å². The normalized spacial score (nSPS) is 20.2. The van der Waals surface area contributed by atoms with Crippen LogP contribution in [-0.2, 0) is 4.79 Å². The van der Waals surface area contributed by atoms with Gasteiger partial charge in [0.15, 0.2) is 0 Å². The van der Waals surface area contributed by atoms with Crippen LogP contribution in [0, 0.1) is 12.8 Å². The maximum absolute atomic E-state index is 13.3. The van der Waals surface area contributed by atoms with E-state index >= 15 is 0 Å². The molecule has 138 valence electrons. The van der Waals surface area contributed by atoms with Crippen molar-refractivity contribution in [2.75, 3.05) is 18.8 Å². The van der Waals surface area contributed by atoms with Crippen molar-refractivity contribution in [3.05, 3.63) is 35.4 Å². The first-order valence-electron chi connectivity index (χ1n) is 9.19. The van der Waals surface area contributed by atoms with E-state index in [-0.39, 0.29) is 23.2 Å². The minimum absolute atomic E-state index is 0.0146. The van der Waals surface area contributed by atoms with Crippen molar-refractivity contribution in [3.8, 4) is 0 Å². The third-order valence-electron chi connectivity index (χ3n) is 4.74. The molecule has 0 aliphatic carbocycles. The molecular weight excluding hydrogens is 332 g/mol. The van der Waals surface area contributed by atoms with Crippen LogP contribution in [0.2, 0.25) is 0 Å². The Morgan fingerprint density at radius 3 is 2.44 bits per heavy atom. The molecule has 1 fully saturated rings. The Labute approximate surface area is 156 Å². The highest BCUT2D eigenvalue weighted by atomic mass is 32.2. The van der Waals surface area contributed by atoms with Gasteiger partial charge in [0, 0.05) is 24.4 Å². The van der Waals surface area contributed by atoms with Crippen molar-refractivity contribution >= 4 is 23.6 Å². The average Bonchev–Trinajstić information content (AvgIpc) is 2.98. The highest BCUT2D eigenvalue weighted by Gasteiger charge is 2.43. The molecule has 0 bridgehead atoms. The summed E-state index contributed by atoms with van der Waals surface area (Å²) in [6.45, 7) is 11.6. The maximum atomic E-state index is 13.3. The minimum atomic E-state index is -0.360. The van der Waals surface area contributed by atoms with E-state index in [4.69, 9.17) is 0 Å². The van der Waals surface area contributed by atoms with Crippen molar-refractivity contribution in [3.63, 3.8) is 0 Å². The van der Waals surface area contributed by atoms with Crippen LogP contribution < -0.4 is 0 Å². The Kier molecular flexibility index (Phi) is 6.94. The molecule has 1 aliphatic rings. The highest BCUT2D eigenvalue weighted by Crippen LogP contribution is 2.35. The molecule has 2 unspecified atom stereocenters. The summed E-state index contributed by atoms with van der Waals surface area (Å²) in [5, 5.41) is 0.0663. The number of amides is 2. The monoisotopic (exact) mass is 362 g/mol. The Morgan fingerprint density at radius 1 is 1.24 bits per heavy atom. The summed E-state index contributed by atoms with van der Waals surface area (Å²) in [5.41, 5.74) is 1.66. The van der Waals surface area contributed by atoms with E-state index in [1.807, 2.05) is 54.8 Å². The number of carbonyl (C=O) groups is 2. The average molecular weight is 363 g/mol. The molecule has 1 aromatic rings. The molecule has 0 saturated carbocycles. The van der Waals surface area contributed by atoms with Gasteiger partial charge in [-0.15, -0.1) is 11.8 Å². The van der Waals surface area contributed by atoms with Gasteiger partial charge >= 0.3 is 0 Å². The quantitative estimate of drug-likeness (QED) is 0.773. The zero-order chi connectivity index (χ0) is 18.6. The summed E-state index contributed by atoms with van der Waals surface area (Å²) in [6, 6.07) is 7.29. The Morgan fingerprint density at radius 2 is 1.88 bits per heavy atom. The third kappa shape index (κ3) is 4.38. The smallest absolute Gasteiger partial charge is 0.255 e. The molecule has 1 saturated heterocycles. The van der Waals surface area contributed by atoms with Gasteiger partial charge in [-0.3, -0.25) is 9.59 Å². The summed E-state index contributed by atoms with van der Waals surface area (Å²) in [5.74, 6) is 1.22. The van der Waals surface area contributed by atoms with Gasteiger partial charge in [0.1, 0.15) is 6.04 Å². The molecule has 0 radical (unpaired) electrons. The van der Waals surface area contributed by atoms with Gasteiger partial charge < -0.3 is 9.80 Å². The second-order valence-corrected chi connectivity index (χ2v) is 8.18. The largest absolute Gasteiger partial charge is 0.341 e. The lowest BCUT2D eigenvalue weighted by molar-refractivity contribution is -0.134. The topological polar surface area (TPSA) is 40.6 Å². The number of thioether (sulfide) groups is 1. The lowest BCUT2D eigenvalue weighted by Crippen LogP contribution is -2.51. The Bertz CT molecular complexity index is 613. The van der Waals surface area contributed by atoms with E-state index in [1.54, 1.807) is 11.8 Å². The molecule has 1 aliphatic heterocycles. The first kappa shape index (κ1) is 19.8. The molecule has 0 N–H and O–H groups in total. The lowest BCUT2D eigenvalue weighted by Gasteiger charge is -2.32. The van der Waals surface area contributed by atoms with Crippen LogP contribution >= 0.6 is 11.8 Å². The molecule has 4 nitrogen and oxygen atoms in total. The molecule has 1 heterocycles. The van der Waals surface area contributed by atoms with Gasteiger partial charge in [-0.2, -0.15) is 0 Å². The molecule has 2 rings (SSSR count). The van der Waals surface area contributed by atoms with Crippen LogP contribution in [-0.4, -0.2) is 51.9 Å². The summed E-state index contributed by atoms with van der Waals surface area (Å²) in [6.07, 6.45) is 0.907. The van der Waals surface area contributed by atoms with E-state index in [2.05, 4.69) is 13.8 Å². The third-order valence-corrected chi connectivity index (χ3v) is 6.05. The van der Waals surface area contributed by atoms with Crippen molar-refractivity contribution in [1.29, 1.82) is 0 Å². The van der Waals surface area contributed by atoms with E-state index in [9.17, 15) is 9.59 Å². The number of aryl methyl sites for hydroxylation is 1. The number of benzene rings is 1. The fourth-order valence-electron chi connectivity index (χ4n) is 3.31. The molecule has 2 amide bonds. The fourth-order valence-corrected chi connectivity index (χ4v) is 4.94. The van der Waals surface area contributed by atoms with Gasteiger partial charge in [-0.05, 0) is 44.7 Å². The number of hydrogen-bond acceptors (Lipinski definition) is 3. The van der Waals surface area contributed by atoms with E-state index in [0.29, 0.717) is 30.3 Å². The second-order valence-electron chi connectivity index (χ2n) is 6.97. The summed E-state index contributed by atoms with van der Waals surface area (Å²) in [7, 11) is 0. The number of rotatable bonds is 6. The Balaban J connectivity index is 2.35. The lowest BCUT2D eigenvalue weighted by atomic mass is 10.0. The van der Waals surface area contributed by atoms with Crippen molar-refractivity contribution in [1.82, 2.24) is 9.80 Å². The number of likely N-dealkylation sites (N-methyl/N-ethyl adjacent to an activating group) is 1. The Hall–Kier alpha value is -1.49. The van der Waals surface area contributed by atoms with Crippen molar-refractivity contribution in [2.45, 2.75) is 52.5 Å². The first-order valence-corrected chi connectivity index (χ1v) is 10.2. The number of nitrogens with zero attached hydrogens (tertiary/aromatic N) is 2. The van der Waals surface area contributed by atoms with Crippen molar-refractivity contribution in [2.24, 2.45) is 5.92 Å². The van der Waals surface area contributed by atoms with E-state index in [0.717, 1.165) is 12.0 Å². The van der Waals surface area contributed by atoms with Crippen LogP contribution in [0.15, 0.2) is 24.3 Å². The van der Waals surface area contributed by atoms with Crippen LogP contribution in [0.5, 0.6) is 0 Å². The highest BCUT2D eigenvalue weighted by molar-refractivity contribution is 8.00. The molecule has 2 atom stereocenters. The number of carbonyl (C=O) groups excluding carboxylic acids is 2. The predicted molar refractivity (Wildman–Crippen MR) is 105 cm³/mol. The van der Waals surface area contributed by atoms with Gasteiger partial charge in [-0.1, -0.05) is 32.0 Å². The van der Waals surface area contributed by atoms with Gasteiger partial charge in [0.05, 0.1) is 5.37 Å². The number of hydrogen-bond donors (Lipinski definition) is 0. The standard InChI is InChI=1S/C20H30N2O2S/c1-6-21(7-2)20(24)17-13-25-18(12-14(3)4)22(17)19(23)16-11-9-8-10-15(16)5/h8-11,14,17-18H,6-7,12-13H2,1-5H3. The molecule has 0 spiro atoms. The summed E-state index contributed by atoms with van der Waals surface area (Å²) >= 11 is 1.74. The zero-order valence-electron chi connectivity index (χ0n) is 16.0. The SMILES string of the molecule is CCN(CC)C(=O)C1CSC(CC(C)C)N1C(=O)c1ccccc1C. The first-order chi connectivity index (χ1) is 11.9. The van der Waals surface area contributed by atoms with Crippen LogP contribution in [0.4, 0.5) is 0 Å². The molecule has 5 heteroatoms. The van der Waals surface area contributed by atoms with E-state index < -0.39 is 0 Å². The second kappa shape index (κ2) is 8.75. The van der Waals surface area contributed by atoms with Crippen LogP contribution in [0.25, 0.3) is 0 Å². The van der Waals surface area contributed by atoms with Crippen LogP contribution in [0.3, 0.4) is 0 Å². The fraction of sp³-hybridized carbons (Fsp3) is 0.600. The molecule has 0 aromatic heterocycles.